The Balaban J connectivity index is 1.48. The summed E-state index contributed by atoms with van der Waals surface area (Å²) in [5.41, 5.74) is 9.24. The molecule has 1 unspecified atom stereocenters. The highest BCUT2D eigenvalue weighted by molar-refractivity contribution is 6.19. The molecule has 1 atom stereocenters. The van der Waals surface area contributed by atoms with Crippen LogP contribution in [0.3, 0.4) is 0 Å². The Labute approximate surface area is 259 Å². The van der Waals surface area contributed by atoms with Crippen molar-refractivity contribution in [3.63, 3.8) is 0 Å². The zero-order valence-electron chi connectivity index (χ0n) is 25.6. The average molecular weight is 569 g/mol. The van der Waals surface area contributed by atoms with E-state index in [2.05, 4.69) is 128 Å². The molecule has 0 bridgehead atoms. The van der Waals surface area contributed by atoms with E-state index < -0.39 is 0 Å². The SMILES string of the molecule is CC/C=C(\N=C(C)c1ccccn1)c1ccc(-c2c3ccccc3c(C3C=CC(C)=CC3)c3ccccc23)c2ccccc12. The third-order valence-electron chi connectivity index (χ3n) is 8.82. The van der Waals surface area contributed by atoms with Gasteiger partial charge < -0.3 is 0 Å². The number of rotatable bonds is 6. The van der Waals surface area contributed by atoms with E-state index in [1.54, 1.807) is 0 Å². The van der Waals surface area contributed by atoms with E-state index in [0.717, 1.165) is 35.5 Å². The van der Waals surface area contributed by atoms with Crippen LogP contribution in [0.1, 0.15) is 56.4 Å². The van der Waals surface area contributed by atoms with Crippen LogP contribution in [0.5, 0.6) is 0 Å². The molecular weight excluding hydrogens is 532 g/mol. The highest BCUT2D eigenvalue weighted by Gasteiger charge is 2.22. The van der Waals surface area contributed by atoms with Gasteiger partial charge in [0.1, 0.15) is 0 Å². The number of allylic oxidation sites excluding steroid dienone is 5. The van der Waals surface area contributed by atoms with Crippen LogP contribution < -0.4 is 0 Å². The molecule has 0 amide bonds. The maximum Gasteiger partial charge on any atom is 0.0841 e. The van der Waals surface area contributed by atoms with Crippen LogP contribution in [0.4, 0.5) is 0 Å². The van der Waals surface area contributed by atoms with E-state index in [-0.39, 0.29) is 0 Å². The van der Waals surface area contributed by atoms with Crippen molar-refractivity contribution >= 4 is 43.7 Å². The largest absolute Gasteiger partial charge is 0.255 e. The van der Waals surface area contributed by atoms with Gasteiger partial charge in [0.2, 0.25) is 0 Å². The molecule has 5 aromatic carbocycles. The molecule has 0 spiro atoms. The third-order valence-corrected chi connectivity index (χ3v) is 8.82. The van der Waals surface area contributed by atoms with Gasteiger partial charge in [-0.15, -0.1) is 0 Å². The number of aromatic nitrogens is 1. The summed E-state index contributed by atoms with van der Waals surface area (Å²) in [7, 11) is 0. The second kappa shape index (κ2) is 11.9. The van der Waals surface area contributed by atoms with Crippen LogP contribution in [0.15, 0.2) is 144 Å². The molecule has 0 N–H and O–H groups in total. The molecule has 2 heteroatoms. The normalized spacial score (nSPS) is 15.7. The fourth-order valence-electron chi connectivity index (χ4n) is 6.76. The third kappa shape index (κ3) is 4.97. The zero-order chi connectivity index (χ0) is 30.0. The first-order chi connectivity index (χ1) is 21.6. The first kappa shape index (κ1) is 27.7. The Morgan fingerprint density at radius 3 is 2.02 bits per heavy atom. The summed E-state index contributed by atoms with van der Waals surface area (Å²) in [6, 6.07) is 37.3. The average Bonchev–Trinajstić information content (AvgIpc) is 3.07. The van der Waals surface area contributed by atoms with Crippen LogP contribution in [0.25, 0.3) is 49.1 Å². The van der Waals surface area contributed by atoms with Crippen molar-refractivity contribution in [1.29, 1.82) is 0 Å². The van der Waals surface area contributed by atoms with Crippen LogP contribution >= 0.6 is 0 Å². The van der Waals surface area contributed by atoms with Gasteiger partial charge in [-0.05, 0) is 87.8 Å². The lowest BCUT2D eigenvalue weighted by Crippen LogP contribution is -2.02. The van der Waals surface area contributed by atoms with Gasteiger partial charge in [-0.1, -0.05) is 128 Å². The van der Waals surface area contributed by atoms with Gasteiger partial charge in [-0.2, -0.15) is 0 Å². The molecule has 1 aliphatic rings. The predicted octanol–water partition coefficient (Wildman–Crippen LogP) is 11.5. The van der Waals surface area contributed by atoms with E-state index in [9.17, 15) is 0 Å². The maximum atomic E-state index is 5.13. The topological polar surface area (TPSA) is 25.2 Å². The fourth-order valence-corrected chi connectivity index (χ4v) is 6.76. The fraction of sp³-hybridized carbons (Fsp3) is 0.143. The summed E-state index contributed by atoms with van der Waals surface area (Å²) < 4.78 is 0. The minimum Gasteiger partial charge on any atom is -0.255 e. The molecular formula is C42H36N2. The van der Waals surface area contributed by atoms with E-state index >= 15 is 0 Å². The second-order valence-corrected chi connectivity index (χ2v) is 11.6. The smallest absolute Gasteiger partial charge is 0.0841 e. The van der Waals surface area contributed by atoms with Crippen molar-refractivity contribution in [1.82, 2.24) is 4.98 Å². The molecule has 0 fully saturated rings. The minimum atomic E-state index is 0.351. The first-order valence-electron chi connectivity index (χ1n) is 15.6. The van der Waals surface area contributed by atoms with Gasteiger partial charge in [0.15, 0.2) is 0 Å². The van der Waals surface area contributed by atoms with Crippen molar-refractivity contribution in [2.45, 2.75) is 39.5 Å². The number of aliphatic imine (C=N–C) groups is 1. The Morgan fingerprint density at radius 2 is 1.41 bits per heavy atom. The summed E-state index contributed by atoms with van der Waals surface area (Å²) in [4.78, 5) is 9.67. The summed E-state index contributed by atoms with van der Waals surface area (Å²) in [6.45, 7) is 6.40. The molecule has 0 saturated carbocycles. The van der Waals surface area contributed by atoms with Gasteiger partial charge in [0, 0.05) is 17.7 Å². The molecule has 7 rings (SSSR count). The standard InChI is InChI=1S/C42H36N2/c1-4-13-40(44-29(3)39-20-11-12-27-43-39)33-25-26-38(32-15-6-5-14-31(32)33)42-36-18-9-7-16-34(36)41(30-23-21-28(2)22-24-30)35-17-8-10-19-37(35)42/h5-23,25-27,30H,4,24H2,1-3H3/b40-13-,44-29?. The lowest BCUT2D eigenvalue weighted by atomic mass is 9.80. The first-order valence-corrected chi connectivity index (χ1v) is 15.6. The molecule has 214 valence electrons. The predicted molar refractivity (Wildman–Crippen MR) is 189 cm³/mol. The van der Waals surface area contributed by atoms with Crippen LogP contribution in [-0.4, -0.2) is 10.7 Å². The van der Waals surface area contributed by atoms with E-state index in [1.807, 2.05) is 31.3 Å². The lowest BCUT2D eigenvalue weighted by molar-refractivity contribution is 0.860. The molecule has 6 aromatic rings. The minimum absolute atomic E-state index is 0.351. The van der Waals surface area contributed by atoms with E-state index in [4.69, 9.17) is 4.99 Å². The van der Waals surface area contributed by atoms with Gasteiger partial charge in [0.05, 0.1) is 17.1 Å². The molecule has 2 nitrogen and oxygen atoms in total. The molecule has 44 heavy (non-hydrogen) atoms. The molecule has 1 aromatic heterocycles. The maximum absolute atomic E-state index is 5.13. The quantitative estimate of drug-likeness (QED) is 0.145. The van der Waals surface area contributed by atoms with Gasteiger partial charge in [-0.3, -0.25) is 9.98 Å². The van der Waals surface area contributed by atoms with Crippen molar-refractivity contribution in [2.24, 2.45) is 4.99 Å². The summed E-state index contributed by atoms with van der Waals surface area (Å²) in [6.07, 6.45) is 13.0. The number of hydrogen-bond donors (Lipinski definition) is 0. The molecule has 0 aliphatic heterocycles. The van der Waals surface area contributed by atoms with Gasteiger partial charge in [0.25, 0.3) is 0 Å². The van der Waals surface area contributed by atoms with Crippen molar-refractivity contribution in [3.8, 4) is 11.1 Å². The van der Waals surface area contributed by atoms with E-state index in [0.29, 0.717) is 5.92 Å². The number of nitrogens with zero attached hydrogens (tertiary/aromatic N) is 2. The summed E-state index contributed by atoms with van der Waals surface area (Å²) >= 11 is 0. The van der Waals surface area contributed by atoms with Crippen molar-refractivity contribution in [3.05, 3.63) is 156 Å². The molecule has 0 radical (unpaired) electrons. The zero-order valence-corrected chi connectivity index (χ0v) is 25.6. The Kier molecular flexibility index (Phi) is 7.50. The van der Waals surface area contributed by atoms with Crippen molar-refractivity contribution < 1.29 is 0 Å². The van der Waals surface area contributed by atoms with Crippen molar-refractivity contribution in [2.75, 3.05) is 0 Å². The van der Waals surface area contributed by atoms with E-state index in [1.165, 1.54) is 54.6 Å². The van der Waals surface area contributed by atoms with Gasteiger partial charge >= 0.3 is 0 Å². The second-order valence-electron chi connectivity index (χ2n) is 11.6. The summed E-state index contributed by atoms with van der Waals surface area (Å²) in [5, 5.41) is 7.70. The highest BCUT2D eigenvalue weighted by atomic mass is 14.8. The Bertz CT molecular complexity index is 2090. The van der Waals surface area contributed by atoms with Gasteiger partial charge in [-0.25, -0.2) is 0 Å². The number of benzene rings is 5. The van der Waals surface area contributed by atoms with Crippen LogP contribution in [0, 0.1) is 0 Å². The summed E-state index contributed by atoms with van der Waals surface area (Å²) in [5.74, 6) is 0.351. The lowest BCUT2D eigenvalue weighted by Gasteiger charge is -2.23. The number of hydrogen-bond acceptors (Lipinski definition) is 2. The number of pyridine rings is 1. The van der Waals surface area contributed by atoms with Crippen LogP contribution in [-0.2, 0) is 0 Å². The molecule has 1 heterocycles. The molecule has 0 saturated heterocycles. The monoisotopic (exact) mass is 568 g/mol. The Morgan fingerprint density at radius 1 is 0.773 bits per heavy atom. The Hall–Kier alpha value is -5.08. The van der Waals surface area contributed by atoms with Crippen LogP contribution in [0.2, 0.25) is 0 Å². The molecule has 1 aliphatic carbocycles. The highest BCUT2D eigenvalue weighted by Crippen LogP contribution is 2.46. The number of fused-ring (bicyclic) bond motifs is 3.